The molecule has 132 valence electrons. The van der Waals surface area contributed by atoms with Crippen LogP contribution in [0.3, 0.4) is 0 Å². The van der Waals surface area contributed by atoms with Gasteiger partial charge in [-0.05, 0) is 36.6 Å². The lowest BCUT2D eigenvalue weighted by Gasteiger charge is -2.30. The first kappa shape index (κ1) is 18.2. The summed E-state index contributed by atoms with van der Waals surface area (Å²) in [5.74, 6) is 1.72. The number of benzene rings is 1. The summed E-state index contributed by atoms with van der Waals surface area (Å²) in [6, 6.07) is 4.01. The molecule has 5 nitrogen and oxygen atoms in total. The van der Waals surface area contributed by atoms with Crippen molar-refractivity contribution >= 4 is 12.0 Å². The lowest BCUT2D eigenvalue weighted by Crippen LogP contribution is -2.37. The van der Waals surface area contributed by atoms with Crippen LogP contribution in [0.25, 0.3) is 6.08 Å². The molecule has 0 aromatic heterocycles. The molecular formula is C19H27NO4. The van der Waals surface area contributed by atoms with E-state index in [0.29, 0.717) is 23.3 Å². The van der Waals surface area contributed by atoms with Crippen LogP contribution in [0, 0.1) is 0 Å². The molecule has 1 aliphatic rings. The molecule has 1 saturated carbocycles. The second kappa shape index (κ2) is 8.62. The molecule has 0 atom stereocenters. The minimum absolute atomic E-state index is 0.0238. The number of carbonyl (C=O) groups is 1. The summed E-state index contributed by atoms with van der Waals surface area (Å²) in [5, 5.41) is 0. The van der Waals surface area contributed by atoms with Crippen molar-refractivity contribution in [3.05, 3.63) is 23.8 Å². The number of likely N-dealkylation sites (N-methyl/N-ethyl adjacent to an activating group) is 1. The number of amides is 1. The zero-order chi connectivity index (χ0) is 17.5. The van der Waals surface area contributed by atoms with E-state index in [9.17, 15) is 4.79 Å². The molecule has 1 fully saturated rings. The minimum atomic E-state index is 0.0238. The lowest BCUT2D eigenvalue weighted by atomic mass is 9.94. The molecular weight excluding hydrogens is 306 g/mol. The largest absolute Gasteiger partial charge is 0.493 e. The zero-order valence-corrected chi connectivity index (χ0v) is 15.0. The van der Waals surface area contributed by atoms with Crippen molar-refractivity contribution in [3.63, 3.8) is 0 Å². The van der Waals surface area contributed by atoms with Gasteiger partial charge < -0.3 is 19.1 Å². The molecule has 0 unspecified atom stereocenters. The summed E-state index contributed by atoms with van der Waals surface area (Å²) in [4.78, 5) is 14.3. The average Bonchev–Trinajstić information content (AvgIpc) is 2.65. The maximum atomic E-state index is 12.4. The van der Waals surface area contributed by atoms with Crippen LogP contribution >= 0.6 is 0 Å². The maximum absolute atomic E-state index is 12.4. The van der Waals surface area contributed by atoms with Crippen molar-refractivity contribution in [2.75, 3.05) is 28.4 Å². The van der Waals surface area contributed by atoms with Gasteiger partial charge in [-0.1, -0.05) is 19.3 Å². The molecule has 1 aromatic carbocycles. The summed E-state index contributed by atoms with van der Waals surface area (Å²) in [6.45, 7) is 0. The van der Waals surface area contributed by atoms with Crippen LogP contribution in [0.15, 0.2) is 18.2 Å². The van der Waals surface area contributed by atoms with E-state index >= 15 is 0 Å². The van der Waals surface area contributed by atoms with E-state index in [1.165, 1.54) is 19.3 Å². The van der Waals surface area contributed by atoms with Crippen LogP contribution in [0.4, 0.5) is 0 Å². The van der Waals surface area contributed by atoms with Crippen molar-refractivity contribution in [1.29, 1.82) is 0 Å². The van der Waals surface area contributed by atoms with Gasteiger partial charge in [0.1, 0.15) is 0 Å². The maximum Gasteiger partial charge on any atom is 0.246 e. The molecule has 5 heteroatoms. The Bertz CT molecular complexity index is 566. The third-order valence-electron chi connectivity index (χ3n) is 4.58. The Balaban J connectivity index is 2.14. The van der Waals surface area contributed by atoms with Gasteiger partial charge in [-0.25, -0.2) is 0 Å². The van der Waals surface area contributed by atoms with E-state index in [1.807, 2.05) is 24.1 Å². The second-order valence-electron chi connectivity index (χ2n) is 6.03. The van der Waals surface area contributed by atoms with E-state index in [1.54, 1.807) is 33.5 Å². The van der Waals surface area contributed by atoms with Gasteiger partial charge >= 0.3 is 0 Å². The first-order chi connectivity index (χ1) is 11.6. The van der Waals surface area contributed by atoms with Crippen LogP contribution in [0.2, 0.25) is 0 Å². The average molecular weight is 333 g/mol. The number of methoxy groups -OCH3 is 3. The summed E-state index contributed by atoms with van der Waals surface area (Å²) >= 11 is 0. The minimum Gasteiger partial charge on any atom is -0.493 e. The second-order valence-corrected chi connectivity index (χ2v) is 6.03. The SMILES string of the molecule is COc1cc(/C=C/C(=O)N(C)C2CCCCC2)cc(OC)c1OC. The van der Waals surface area contributed by atoms with Crippen molar-refractivity contribution in [2.45, 2.75) is 38.1 Å². The Morgan fingerprint density at radius 1 is 1.04 bits per heavy atom. The van der Waals surface area contributed by atoms with Gasteiger partial charge in [0, 0.05) is 19.2 Å². The molecule has 1 aliphatic carbocycles. The zero-order valence-electron chi connectivity index (χ0n) is 15.0. The molecule has 1 amide bonds. The van der Waals surface area contributed by atoms with E-state index in [-0.39, 0.29) is 5.91 Å². The third kappa shape index (κ3) is 4.22. The first-order valence-corrected chi connectivity index (χ1v) is 8.35. The Hall–Kier alpha value is -2.17. The van der Waals surface area contributed by atoms with Gasteiger partial charge in [0.2, 0.25) is 11.7 Å². The van der Waals surface area contributed by atoms with Crippen LogP contribution in [0.1, 0.15) is 37.7 Å². The summed E-state index contributed by atoms with van der Waals surface area (Å²) in [5.41, 5.74) is 0.829. The highest BCUT2D eigenvalue weighted by Crippen LogP contribution is 2.38. The fourth-order valence-corrected chi connectivity index (χ4v) is 3.13. The smallest absolute Gasteiger partial charge is 0.246 e. The van der Waals surface area contributed by atoms with Crippen LogP contribution in [0.5, 0.6) is 17.2 Å². The molecule has 0 aliphatic heterocycles. The molecule has 0 bridgehead atoms. The van der Waals surface area contributed by atoms with Crippen LogP contribution < -0.4 is 14.2 Å². The fraction of sp³-hybridized carbons (Fsp3) is 0.526. The monoisotopic (exact) mass is 333 g/mol. The summed E-state index contributed by atoms with van der Waals surface area (Å²) < 4.78 is 16.0. The molecule has 1 aromatic rings. The number of nitrogens with zero attached hydrogens (tertiary/aromatic N) is 1. The Labute approximate surface area is 144 Å². The van der Waals surface area contributed by atoms with Crippen molar-refractivity contribution in [2.24, 2.45) is 0 Å². The first-order valence-electron chi connectivity index (χ1n) is 8.35. The molecule has 2 rings (SSSR count). The molecule has 0 saturated heterocycles. The predicted octanol–water partition coefficient (Wildman–Crippen LogP) is 3.52. The summed E-state index contributed by atoms with van der Waals surface area (Å²) in [7, 11) is 6.61. The van der Waals surface area contributed by atoms with E-state index < -0.39 is 0 Å². The Kier molecular flexibility index (Phi) is 6.53. The topological polar surface area (TPSA) is 48.0 Å². The van der Waals surface area contributed by atoms with Gasteiger partial charge in [0.25, 0.3) is 0 Å². The number of hydrogen-bond donors (Lipinski definition) is 0. The van der Waals surface area contributed by atoms with E-state index in [0.717, 1.165) is 18.4 Å². The predicted molar refractivity (Wildman–Crippen MR) is 94.8 cm³/mol. The highest BCUT2D eigenvalue weighted by Gasteiger charge is 2.20. The lowest BCUT2D eigenvalue weighted by molar-refractivity contribution is -0.127. The van der Waals surface area contributed by atoms with Gasteiger partial charge in [-0.15, -0.1) is 0 Å². The third-order valence-corrected chi connectivity index (χ3v) is 4.58. The van der Waals surface area contributed by atoms with E-state index in [2.05, 4.69) is 0 Å². The quantitative estimate of drug-likeness (QED) is 0.748. The molecule has 0 heterocycles. The Morgan fingerprint density at radius 2 is 1.62 bits per heavy atom. The standard InChI is InChI=1S/C19H27NO4/c1-20(15-8-6-5-7-9-15)18(21)11-10-14-12-16(22-2)19(24-4)17(13-14)23-3/h10-13,15H,5-9H2,1-4H3/b11-10+. The normalized spacial score (nSPS) is 15.3. The highest BCUT2D eigenvalue weighted by atomic mass is 16.5. The van der Waals surface area contributed by atoms with Gasteiger partial charge in [-0.3, -0.25) is 4.79 Å². The van der Waals surface area contributed by atoms with Crippen molar-refractivity contribution in [3.8, 4) is 17.2 Å². The number of hydrogen-bond acceptors (Lipinski definition) is 4. The van der Waals surface area contributed by atoms with E-state index in [4.69, 9.17) is 14.2 Å². The van der Waals surface area contributed by atoms with Crippen LogP contribution in [-0.2, 0) is 4.79 Å². The molecule has 24 heavy (non-hydrogen) atoms. The molecule has 0 N–H and O–H groups in total. The van der Waals surface area contributed by atoms with Gasteiger partial charge in [0.15, 0.2) is 11.5 Å². The molecule has 0 spiro atoms. The van der Waals surface area contributed by atoms with Crippen molar-refractivity contribution < 1.29 is 19.0 Å². The van der Waals surface area contributed by atoms with Gasteiger partial charge in [-0.2, -0.15) is 0 Å². The number of ether oxygens (including phenoxy) is 3. The van der Waals surface area contributed by atoms with Gasteiger partial charge in [0.05, 0.1) is 21.3 Å². The number of carbonyl (C=O) groups excluding carboxylic acids is 1. The molecule has 0 radical (unpaired) electrons. The van der Waals surface area contributed by atoms with Crippen molar-refractivity contribution in [1.82, 2.24) is 4.90 Å². The Morgan fingerprint density at radius 3 is 2.12 bits per heavy atom. The fourth-order valence-electron chi connectivity index (χ4n) is 3.13. The summed E-state index contributed by atoms with van der Waals surface area (Å²) in [6.07, 6.45) is 9.28. The highest BCUT2D eigenvalue weighted by molar-refractivity contribution is 5.92. The van der Waals surface area contributed by atoms with Crippen LogP contribution in [-0.4, -0.2) is 45.2 Å². The number of rotatable bonds is 6.